The van der Waals surface area contributed by atoms with Crippen molar-refractivity contribution in [3.63, 3.8) is 0 Å². The van der Waals surface area contributed by atoms with Crippen LogP contribution in [-0.2, 0) is 10.2 Å². The molecule has 0 bridgehead atoms. The molecule has 9 nitrogen and oxygen atoms in total. The van der Waals surface area contributed by atoms with E-state index in [1.165, 1.54) is 31.4 Å². The predicted octanol–water partition coefficient (Wildman–Crippen LogP) is 5.85. The van der Waals surface area contributed by atoms with Crippen molar-refractivity contribution in [3.8, 4) is 5.75 Å². The Bertz CT molecular complexity index is 1930. The number of nitro benzene ring substituents is 1. The number of nitrogens with zero attached hydrogens (tertiary/aromatic N) is 2. The molecule has 1 saturated heterocycles. The van der Waals surface area contributed by atoms with Crippen molar-refractivity contribution in [2.75, 3.05) is 17.3 Å². The summed E-state index contributed by atoms with van der Waals surface area (Å²) in [5.41, 5.74) is 2.29. The molecule has 1 amide bonds. The first-order valence-corrected chi connectivity index (χ1v) is 14.2. The molecule has 0 aliphatic carbocycles. The van der Waals surface area contributed by atoms with Crippen molar-refractivity contribution in [2.45, 2.75) is 24.4 Å². The Morgan fingerprint density at radius 1 is 0.909 bits per heavy atom. The molecule has 3 heterocycles. The fourth-order valence-corrected chi connectivity index (χ4v) is 7.29. The van der Waals surface area contributed by atoms with E-state index < -0.39 is 40.0 Å². The fraction of sp³-hybridized carbons (Fsp3) is 0.171. The number of nitro groups is 1. The van der Waals surface area contributed by atoms with Gasteiger partial charge in [-0.1, -0.05) is 66.7 Å². The maximum absolute atomic E-state index is 14.9. The number of para-hydroxylation sites is 2. The zero-order valence-corrected chi connectivity index (χ0v) is 23.9. The monoisotopic (exact) mass is 585 g/mol. The van der Waals surface area contributed by atoms with E-state index >= 15 is 0 Å². The summed E-state index contributed by atoms with van der Waals surface area (Å²) >= 11 is 0. The highest BCUT2D eigenvalue weighted by atomic mass is 16.6. The molecule has 3 aliphatic heterocycles. The van der Waals surface area contributed by atoms with Gasteiger partial charge in [-0.05, 0) is 42.3 Å². The van der Waals surface area contributed by atoms with Gasteiger partial charge in [-0.15, -0.1) is 0 Å². The van der Waals surface area contributed by atoms with Gasteiger partial charge >= 0.3 is 0 Å². The lowest BCUT2D eigenvalue weighted by Crippen LogP contribution is -2.51. The average Bonchev–Trinajstić information content (AvgIpc) is 3.52. The minimum Gasteiger partial charge on any atom is -0.497 e. The van der Waals surface area contributed by atoms with Crippen molar-refractivity contribution in [1.82, 2.24) is 0 Å². The molecule has 7 rings (SSSR count). The van der Waals surface area contributed by atoms with Crippen LogP contribution in [0.4, 0.5) is 17.1 Å². The summed E-state index contributed by atoms with van der Waals surface area (Å²) in [5.74, 6) is -2.07. The Morgan fingerprint density at radius 2 is 1.61 bits per heavy atom. The smallest absolute Gasteiger partial charge is 0.270 e. The van der Waals surface area contributed by atoms with Crippen LogP contribution in [0.3, 0.4) is 0 Å². The lowest BCUT2D eigenvalue weighted by Gasteiger charge is -2.39. The van der Waals surface area contributed by atoms with E-state index in [-0.39, 0.29) is 17.0 Å². The fourth-order valence-electron chi connectivity index (χ4n) is 7.29. The molecule has 3 aliphatic rings. The van der Waals surface area contributed by atoms with E-state index in [9.17, 15) is 24.5 Å². The predicted molar refractivity (Wildman–Crippen MR) is 165 cm³/mol. The lowest BCUT2D eigenvalue weighted by atomic mass is 9.64. The second-order valence-corrected chi connectivity index (χ2v) is 11.3. The number of amides is 1. The highest BCUT2D eigenvalue weighted by Gasteiger charge is 2.70. The van der Waals surface area contributed by atoms with Gasteiger partial charge in [0.05, 0.1) is 24.0 Å². The summed E-state index contributed by atoms with van der Waals surface area (Å²) in [6.07, 6.45) is 1.97. The standard InChI is InChI=1S/C35H27N3O6/c1-20-17-29-35(26-14-4-5-15-27(26)36-34(35)41)30(32(39)21-9-7-11-23(18-21)38(42)43)31(37(29)28-16-6-3-13-25(20)28)33(40)22-10-8-12-24(19-22)44-2/h3-19,29-31H,1-2H3,(H,36,41). The third-order valence-corrected chi connectivity index (χ3v) is 9.13. The normalized spacial score (nSPS) is 22.9. The molecule has 9 heteroatoms. The highest BCUT2D eigenvalue weighted by molar-refractivity contribution is 6.18. The van der Waals surface area contributed by atoms with E-state index in [0.717, 1.165) is 16.8 Å². The molecule has 4 aromatic rings. The molecule has 44 heavy (non-hydrogen) atoms. The molecule has 4 atom stereocenters. The first-order valence-electron chi connectivity index (χ1n) is 14.2. The van der Waals surface area contributed by atoms with Gasteiger partial charge < -0.3 is 15.0 Å². The van der Waals surface area contributed by atoms with Gasteiger partial charge in [0, 0.05) is 40.2 Å². The average molecular weight is 586 g/mol. The zero-order valence-electron chi connectivity index (χ0n) is 23.9. The number of fused-ring (bicyclic) bond motifs is 6. The van der Waals surface area contributed by atoms with Gasteiger partial charge in [0.15, 0.2) is 11.6 Å². The first kappa shape index (κ1) is 27.3. The van der Waals surface area contributed by atoms with Crippen LogP contribution in [-0.4, -0.2) is 41.6 Å². The number of hydrogen-bond acceptors (Lipinski definition) is 7. The number of Topliss-reactive ketones (excluding diaryl/α,β-unsaturated/α-hetero) is 2. The summed E-state index contributed by atoms with van der Waals surface area (Å²) in [4.78, 5) is 57.3. The molecule has 0 radical (unpaired) electrons. The number of non-ortho nitro benzene ring substituents is 1. The van der Waals surface area contributed by atoms with Crippen LogP contribution in [0.5, 0.6) is 5.75 Å². The third kappa shape index (κ3) is 3.75. The van der Waals surface area contributed by atoms with Gasteiger partial charge in [0.2, 0.25) is 5.91 Å². The van der Waals surface area contributed by atoms with Gasteiger partial charge in [0.25, 0.3) is 5.69 Å². The largest absolute Gasteiger partial charge is 0.497 e. The molecule has 1 N–H and O–H groups in total. The van der Waals surface area contributed by atoms with Crippen molar-refractivity contribution in [1.29, 1.82) is 0 Å². The Kier molecular flexibility index (Phi) is 6.21. The van der Waals surface area contributed by atoms with Crippen LogP contribution < -0.4 is 15.0 Å². The summed E-state index contributed by atoms with van der Waals surface area (Å²) < 4.78 is 5.41. The molecule has 218 valence electrons. The van der Waals surface area contributed by atoms with E-state index in [0.29, 0.717) is 22.6 Å². The molecule has 1 spiro atoms. The topological polar surface area (TPSA) is 119 Å². The molecular weight excluding hydrogens is 558 g/mol. The summed E-state index contributed by atoms with van der Waals surface area (Å²) in [5, 5.41) is 14.7. The van der Waals surface area contributed by atoms with Crippen LogP contribution in [0, 0.1) is 16.0 Å². The van der Waals surface area contributed by atoms with Crippen molar-refractivity contribution < 1.29 is 24.0 Å². The third-order valence-electron chi connectivity index (χ3n) is 9.13. The maximum Gasteiger partial charge on any atom is 0.270 e. The van der Waals surface area contributed by atoms with Crippen LogP contribution in [0.2, 0.25) is 0 Å². The Labute approximate surface area is 252 Å². The molecular formula is C35H27N3O6. The van der Waals surface area contributed by atoms with Crippen LogP contribution in [0.25, 0.3) is 5.57 Å². The lowest BCUT2D eigenvalue weighted by molar-refractivity contribution is -0.384. The van der Waals surface area contributed by atoms with Crippen molar-refractivity contribution in [3.05, 3.63) is 136 Å². The van der Waals surface area contributed by atoms with Crippen LogP contribution in [0.15, 0.2) is 103 Å². The zero-order chi connectivity index (χ0) is 30.7. The van der Waals surface area contributed by atoms with Crippen molar-refractivity contribution >= 4 is 40.1 Å². The molecule has 1 fully saturated rings. The Balaban J connectivity index is 1.55. The number of carbonyl (C=O) groups is 3. The van der Waals surface area contributed by atoms with Gasteiger partial charge in [-0.25, -0.2) is 0 Å². The van der Waals surface area contributed by atoms with Crippen LogP contribution in [0.1, 0.15) is 38.8 Å². The van der Waals surface area contributed by atoms with Gasteiger partial charge in [0.1, 0.15) is 17.2 Å². The Hall–Kier alpha value is -5.57. The minimum absolute atomic E-state index is 0.0537. The summed E-state index contributed by atoms with van der Waals surface area (Å²) in [7, 11) is 1.51. The number of ketones is 2. The quantitative estimate of drug-likeness (QED) is 0.171. The number of benzene rings is 4. The number of nitrogens with one attached hydrogen (secondary N) is 1. The van der Waals surface area contributed by atoms with E-state index in [1.54, 1.807) is 36.4 Å². The van der Waals surface area contributed by atoms with Gasteiger partial charge in [-0.2, -0.15) is 0 Å². The van der Waals surface area contributed by atoms with E-state index in [4.69, 9.17) is 4.74 Å². The number of carbonyl (C=O) groups excluding carboxylic acids is 3. The first-order chi connectivity index (χ1) is 21.3. The minimum atomic E-state index is -1.52. The Morgan fingerprint density at radius 3 is 2.39 bits per heavy atom. The number of anilines is 2. The molecule has 4 unspecified atom stereocenters. The van der Waals surface area contributed by atoms with Crippen molar-refractivity contribution in [2.24, 2.45) is 5.92 Å². The second kappa shape index (κ2) is 10.0. The maximum atomic E-state index is 14.9. The van der Waals surface area contributed by atoms with Crippen LogP contribution >= 0.6 is 0 Å². The number of rotatable bonds is 6. The number of ether oxygens (including phenoxy) is 1. The molecule has 4 aromatic carbocycles. The van der Waals surface area contributed by atoms with Gasteiger partial charge in [-0.3, -0.25) is 24.5 Å². The number of methoxy groups -OCH3 is 1. The highest BCUT2D eigenvalue weighted by Crippen LogP contribution is 2.59. The summed E-state index contributed by atoms with van der Waals surface area (Å²) in [6, 6.07) is 25.2. The summed E-state index contributed by atoms with van der Waals surface area (Å²) in [6.45, 7) is 1.96. The molecule has 0 saturated carbocycles. The van der Waals surface area contributed by atoms with E-state index in [1.807, 2.05) is 54.3 Å². The SMILES string of the molecule is COc1cccc(C(=O)C2C(C(=O)c3cccc([N+](=O)[O-])c3)C3(C(=O)Nc4ccccc43)C3C=C(C)c4ccccc4N23)c1. The van der Waals surface area contributed by atoms with E-state index in [2.05, 4.69) is 5.32 Å². The number of hydrogen-bond donors (Lipinski definition) is 1. The molecule has 0 aromatic heterocycles. The second-order valence-electron chi connectivity index (χ2n) is 11.3. The number of allylic oxidation sites excluding steroid dienone is 1.